The first-order valence-electron chi connectivity index (χ1n) is 9.96. The highest BCUT2D eigenvalue weighted by atomic mass is 35.5. The van der Waals surface area contributed by atoms with Gasteiger partial charge < -0.3 is 19.6 Å². The molecule has 1 heterocycles. The molecule has 31 heavy (non-hydrogen) atoms. The van der Waals surface area contributed by atoms with E-state index in [0.29, 0.717) is 13.1 Å². The van der Waals surface area contributed by atoms with Crippen molar-refractivity contribution in [2.45, 2.75) is 16.2 Å². The van der Waals surface area contributed by atoms with E-state index in [9.17, 15) is 9.90 Å². The van der Waals surface area contributed by atoms with E-state index in [1.54, 1.807) is 23.8 Å². The largest absolute Gasteiger partial charge is 0.497 e. The molecule has 0 saturated heterocycles. The predicted molar refractivity (Wildman–Crippen MR) is 130 cm³/mol. The zero-order valence-corrected chi connectivity index (χ0v) is 19.5. The molecule has 4 rings (SSSR count). The first kappa shape index (κ1) is 23.4. The number of methoxy groups -OCH3 is 1. The van der Waals surface area contributed by atoms with Gasteiger partial charge in [0.25, 0.3) is 5.91 Å². The summed E-state index contributed by atoms with van der Waals surface area (Å²) in [5, 5.41) is 12.9. The zero-order valence-electron chi connectivity index (χ0n) is 17.8. The smallest absolute Gasteiger partial charge is 0.257 e. The van der Waals surface area contributed by atoms with Gasteiger partial charge in [-0.15, -0.1) is 24.2 Å². The van der Waals surface area contributed by atoms with Crippen molar-refractivity contribution < 1.29 is 14.6 Å². The average molecular weight is 459 g/mol. The summed E-state index contributed by atoms with van der Waals surface area (Å²) >= 11 is 1.56. The molecule has 2 atom stereocenters. The fraction of sp³-hybridized carbons (Fsp3) is 0.292. The normalized spacial score (nSPS) is 18.5. The Balaban J connectivity index is 0.00000272. The van der Waals surface area contributed by atoms with Crippen LogP contribution >= 0.6 is 24.2 Å². The van der Waals surface area contributed by atoms with E-state index in [1.165, 1.54) is 0 Å². The Hall–Kier alpha value is -2.25. The molecular weight excluding hydrogens is 432 g/mol. The predicted octanol–water partition coefficient (Wildman–Crippen LogP) is 4.37. The second kappa shape index (κ2) is 9.92. The third-order valence-corrected chi connectivity index (χ3v) is 6.86. The second-order valence-corrected chi connectivity index (χ2v) is 8.84. The number of hydrogen-bond acceptors (Lipinski definition) is 5. The first-order chi connectivity index (χ1) is 14.5. The maximum absolute atomic E-state index is 13.4. The van der Waals surface area contributed by atoms with Gasteiger partial charge in [0.15, 0.2) is 0 Å². The number of amides is 1. The van der Waals surface area contributed by atoms with E-state index >= 15 is 0 Å². The number of carbonyl (C=O) groups is 1. The summed E-state index contributed by atoms with van der Waals surface area (Å²) in [4.78, 5) is 18.2. The minimum atomic E-state index is -1.14. The number of carbonyl (C=O) groups excluding carboxylic acids is 1. The second-order valence-electron chi connectivity index (χ2n) is 7.68. The summed E-state index contributed by atoms with van der Waals surface area (Å²) in [5.74, 6) is 0.482. The molecule has 0 saturated carbocycles. The lowest BCUT2D eigenvalue weighted by molar-refractivity contribution is -0.126. The molecule has 1 aliphatic rings. The summed E-state index contributed by atoms with van der Waals surface area (Å²) in [5.41, 5.74) is 1.76. The van der Waals surface area contributed by atoms with Gasteiger partial charge in [-0.3, -0.25) is 4.79 Å². The van der Waals surface area contributed by atoms with Gasteiger partial charge in [0.05, 0.1) is 18.0 Å². The Labute approximate surface area is 193 Å². The monoisotopic (exact) mass is 458 g/mol. The molecule has 1 amide bonds. The minimum Gasteiger partial charge on any atom is -0.497 e. The van der Waals surface area contributed by atoms with E-state index in [1.807, 2.05) is 67.5 Å². The highest BCUT2D eigenvalue weighted by molar-refractivity contribution is 8.00. The number of thioether (sulfide) groups is 1. The molecule has 0 aromatic heterocycles. The van der Waals surface area contributed by atoms with Crippen LogP contribution < -0.4 is 9.64 Å². The standard InChI is InChI=1S/C24H26N2O3S.ClH/c1-25(2)14-15-26-20-13-10-16-6-4-5-7-19(16)23(20)30-22(21(27)24(26)28)17-8-11-18(29-3)12-9-17;/h4-13,21-22,27H,14-15H2,1-3H3;1H/t21-,22+;/m1./s1. The van der Waals surface area contributed by atoms with Gasteiger partial charge in [-0.25, -0.2) is 0 Å². The summed E-state index contributed by atoms with van der Waals surface area (Å²) in [6, 6.07) is 19.8. The van der Waals surface area contributed by atoms with Crippen LogP contribution in [0.3, 0.4) is 0 Å². The Morgan fingerprint density at radius 1 is 1.06 bits per heavy atom. The van der Waals surface area contributed by atoms with Crippen LogP contribution in [-0.4, -0.2) is 56.3 Å². The van der Waals surface area contributed by atoms with Crippen LogP contribution in [0.5, 0.6) is 5.75 Å². The lowest BCUT2D eigenvalue weighted by atomic mass is 10.1. The number of ether oxygens (including phenoxy) is 1. The molecule has 0 bridgehead atoms. The molecule has 0 fully saturated rings. The van der Waals surface area contributed by atoms with Crippen LogP contribution in [0.4, 0.5) is 5.69 Å². The molecular formula is C24H27ClN2O3S. The topological polar surface area (TPSA) is 53.0 Å². The van der Waals surface area contributed by atoms with Crippen LogP contribution in [0, 0.1) is 0 Å². The molecule has 3 aromatic carbocycles. The van der Waals surface area contributed by atoms with Gasteiger partial charge in [-0.2, -0.15) is 0 Å². The molecule has 7 heteroatoms. The quantitative estimate of drug-likeness (QED) is 0.615. The highest BCUT2D eigenvalue weighted by Crippen LogP contribution is 2.48. The van der Waals surface area contributed by atoms with Gasteiger partial charge >= 0.3 is 0 Å². The van der Waals surface area contributed by atoms with Gasteiger partial charge in [0.1, 0.15) is 11.9 Å². The lowest BCUT2D eigenvalue weighted by Crippen LogP contribution is -2.43. The molecule has 0 spiro atoms. The fourth-order valence-electron chi connectivity index (χ4n) is 3.74. The van der Waals surface area contributed by atoms with Crippen molar-refractivity contribution in [3.63, 3.8) is 0 Å². The van der Waals surface area contributed by atoms with Crippen molar-refractivity contribution in [3.8, 4) is 5.75 Å². The number of rotatable bonds is 5. The molecule has 1 N–H and O–H groups in total. The number of anilines is 1. The molecule has 0 radical (unpaired) electrons. The first-order valence-corrected chi connectivity index (χ1v) is 10.8. The number of hydrogen-bond donors (Lipinski definition) is 1. The third-order valence-electron chi connectivity index (χ3n) is 5.42. The number of nitrogens with zero attached hydrogens (tertiary/aromatic N) is 2. The van der Waals surface area contributed by atoms with E-state index in [4.69, 9.17) is 4.74 Å². The Morgan fingerprint density at radius 3 is 2.45 bits per heavy atom. The number of aliphatic hydroxyl groups is 1. The number of aliphatic hydroxyl groups excluding tert-OH is 1. The van der Waals surface area contributed by atoms with Crippen molar-refractivity contribution in [3.05, 3.63) is 66.2 Å². The van der Waals surface area contributed by atoms with Crippen molar-refractivity contribution in [2.75, 3.05) is 39.2 Å². The molecule has 5 nitrogen and oxygen atoms in total. The molecule has 0 unspecified atom stereocenters. The summed E-state index contributed by atoms with van der Waals surface area (Å²) in [6.45, 7) is 1.23. The van der Waals surface area contributed by atoms with Gasteiger partial charge in [-0.1, -0.05) is 42.5 Å². The van der Waals surface area contributed by atoms with Crippen molar-refractivity contribution >= 4 is 46.5 Å². The van der Waals surface area contributed by atoms with E-state index in [2.05, 4.69) is 12.1 Å². The van der Waals surface area contributed by atoms with Crippen LogP contribution in [-0.2, 0) is 4.79 Å². The number of fused-ring (bicyclic) bond motifs is 3. The lowest BCUT2D eigenvalue weighted by Gasteiger charge is -2.26. The maximum atomic E-state index is 13.4. The Kier molecular flexibility index (Phi) is 7.49. The van der Waals surface area contributed by atoms with Gasteiger partial charge in [-0.05, 0) is 48.6 Å². The Morgan fingerprint density at radius 2 is 1.77 bits per heavy atom. The van der Waals surface area contributed by atoms with Crippen molar-refractivity contribution in [2.24, 2.45) is 0 Å². The third kappa shape index (κ3) is 4.67. The molecule has 3 aromatic rings. The number of benzene rings is 3. The zero-order chi connectivity index (χ0) is 21.3. The molecule has 164 valence electrons. The van der Waals surface area contributed by atoms with Crippen LogP contribution in [0.1, 0.15) is 10.8 Å². The van der Waals surface area contributed by atoms with E-state index in [-0.39, 0.29) is 18.3 Å². The SMILES string of the molecule is COc1ccc([C@@H]2Sc3c(ccc4ccccc34)N(CCN(C)C)C(=O)[C@@H]2O)cc1.Cl. The number of halogens is 1. The van der Waals surface area contributed by atoms with Crippen LogP contribution in [0.15, 0.2) is 65.6 Å². The molecule has 0 aliphatic carbocycles. The van der Waals surface area contributed by atoms with Gasteiger partial charge in [0, 0.05) is 18.0 Å². The number of likely N-dealkylation sites (N-methyl/N-ethyl adjacent to an activating group) is 1. The summed E-state index contributed by atoms with van der Waals surface area (Å²) in [6.07, 6.45) is -1.14. The van der Waals surface area contributed by atoms with E-state index < -0.39 is 11.4 Å². The van der Waals surface area contributed by atoms with E-state index in [0.717, 1.165) is 32.7 Å². The Bertz CT molecular complexity index is 1060. The van der Waals surface area contributed by atoms with Crippen molar-refractivity contribution in [1.29, 1.82) is 0 Å². The summed E-state index contributed by atoms with van der Waals surface area (Å²) in [7, 11) is 5.59. The summed E-state index contributed by atoms with van der Waals surface area (Å²) < 4.78 is 5.27. The molecule has 1 aliphatic heterocycles. The maximum Gasteiger partial charge on any atom is 0.257 e. The van der Waals surface area contributed by atoms with Gasteiger partial charge in [0.2, 0.25) is 0 Å². The minimum absolute atomic E-state index is 0. The average Bonchev–Trinajstić information content (AvgIpc) is 2.87. The van der Waals surface area contributed by atoms with Crippen molar-refractivity contribution in [1.82, 2.24) is 4.90 Å². The highest BCUT2D eigenvalue weighted by Gasteiger charge is 2.37. The van der Waals surface area contributed by atoms with Crippen LogP contribution in [0.25, 0.3) is 10.8 Å². The fourth-order valence-corrected chi connectivity index (χ4v) is 5.15. The van der Waals surface area contributed by atoms with Crippen LogP contribution in [0.2, 0.25) is 0 Å².